The molecule has 6 rings (SSSR count). The minimum atomic E-state index is -3.72. The molecule has 2 saturated heterocycles. The van der Waals surface area contributed by atoms with E-state index in [9.17, 15) is 13.5 Å². The van der Waals surface area contributed by atoms with Gasteiger partial charge in [-0.3, -0.25) is 4.90 Å². The highest BCUT2D eigenvalue weighted by Gasteiger charge is 2.45. The van der Waals surface area contributed by atoms with Gasteiger partial charge < -0.3 is 15.0 Å². The van der Waals surface area contributed by atoms with Crippen LogP contribution in [-0.2, 0) is 10.0 Å². The van der Waals surface area contributed by atoms with Gasteiger partial charge in [0.2, 0.25) is 16.0 Å². The van der Waals surface area contributed by atoms with Gasteiger partial charge in [-0.15, -0.1) is 0 Å². The molecular weight excluding hydrogens is 526 g/mol. The van der Waals surface area contributed by atoms with E-state index in [1.807, 2.05) is 35.9 Å². The molecule has 11 heteroatoms. The van der Waals surface area contributed by atoms with Crippen molar-refractivity contribution in [2.75, 3.05) is 25.0 Å². The first kappa shape index (κ1) is 26.4. The van der Waals surface area contributed by atoms with E-state index >= 15 is 0 Å². The van der Waals surface area contributed by atoms with Crippen LogP contribution in [0.15, 0.2) is 71.9 Å². The second kappa shape index (κ2) is 10.3. The van der Waals surface area contributed by atoms with Crippen molar-refractivity contribution in [3.63, 3.8) is 0 Å². The predicted molar refractivity (Wildman–Crippen MR) is 152 cm³/mol. The molecule has 2 aliphatic heterocycles. The number of nitriles is 1. The molecule has 2 aliphatic rings. The van der Waals surface area contributed by atoms with Crippen LogP contribution in [0.4, 0.5) is 11.6 Å². The van der Waals surface area contributed by atoms with Gasteiger partial charge in [-0.05, 0) is 74.4 Å². The van der Waals surface area contributed by atoms with Gasteiger partial charge in [0, 0.05) is 62.0 Å². The van der Waals surface area contributed by atoms with Crippen molar-refractivity contribution in [2.24, 2.45) is 0 Å². The zero-order chi connectivity index (χ0) is 27.9. The van der Waals surface area contributed by atoms with Crippen LogP contribution in [0.25, 0.3) is 16.7 Å². The summed E-state index contributed by atoms with van der Waals surface area (Å²) in [4.78, 5) is 11.3. The zero-order valence-corrected chi connectivity index (χ0v) is 23.0. The summed E-state index contributed by atoms with van der Waals surface area (Å²) in [6, 6.07) is 17.6. The topological polar surface area (TPSA) is 127 Å². The number of rotatable bonds is 6. The second-order valence-corrected chi connectivity index (χ2v) is 12.4. The smallest absolute Gasteiger partial charge is 0.243 e. The number of hydrogen-bond donors (Lipinski definition) is 2. The molecule has 0 aliphatic carbocycles. The Bertz CT molecular complexity index is 1690. The molecule has 2 aromatic carbocycles. The second-order valence-electron chi connectivity index (χ2n) is 10.6. The fraction of sp³-hybridized carbons (Fsp3) is 0.345. The van der Waals surface area contributed by atoms with Gasteiger partial charge in [0.15, 0.2) is 0 Å². The lowest BCUT2D eigenvalue weighted by atomic mass is 9.95. The van der Waals surface area contributed by atoms with E-state index in [0.29, 0.717) is 35.9 Å². The number of benzene rings is 2. The van der Waals surface area contributed by atoms with E-state index in [1.165, 1.54) is 4.31 Å². The summed E-state index contributed by atoms with van der Waals surface area (Å²) in [6.07, 6.45) is 6.49. The summed E-state index contributed by atoms with van der Waals surface area (Å²) in [5, 5.41) is 24.5. The first-order valence-corrected chi connectivity index (χ1v) is 14.9. The Morgan fingerprint density at radius 3 is 2.58 bits per heavy atom. The third-order valence-electron chi connectivity index (χ3n) is 7.97. The fourth-order valence-corrected chi connectivity index (χ4v) is 7.53. The third-order valence-corrected chi connectivity index (χ3v) is 9.99. The molecule has 206 valence electrons. The van der Waals surface area contributed by atoms with Crippen molar-refractivity contribution >= 4 is 32.6 Å². The van der Waals surface area contributed by atoms with E-state index in [0.717, 1.165) is 36.8 Å². The Morgan fingerprint density at radius 1 is 1.07 bits per heavy atom. The summed E-state index contributed by atoms with van der Waals surface area (Å²) >= 11 is 0. The quantitative estimate of drug-likeness (QED) is 0.364. The fourth-order valence-electron chi connectivity index (χ4n) is 5.89. The number of sulfonamides is 1. The number of aromatic nitrogens is 3. The molecule has 0 radical (unpaired) electrons. The molecule has 40 heavy (non-hydrogen) atoms. The van der Waals surface area contributed by atoms with E-state index in [1.54, 1.807) is 42.6 Å². The molecule has 4 heterocycles. The van der Waals surface area contributed by atoms with Gasteiger partial charge in [0.25, 0.3) is 0 Å². The number of nitrogens with one attached hydrogen (secondary N) is 1. The van der Waals surface area contributed by atoms with E-state index in [2.05, 4.69) is 26.3 Å². The highest BCUT2D eigenvalue weighted by atomic mass is 32.2. The first-order valence-electron chi connectivity index (χ1n) is 13.5. The van der Waals surface area contributed by atoms with Crippen molar-refractivity contribution in [1.29, 1.82) is 5.26 Å². The number of aliphatic hydroxyl groups is 1. The van der Waals surface area contributed by atoms with Gasteiger partial charge in [-0.25, -0.2) is 13.4 Å². The Morgan fingerprint density at radius 2 is 1.85 bits per heavy atom. The summed E-state index contributed by atoms with van der Waals surface area (Å²) in [5.74, 6) is 1.03. The van der Waals surface area contributed by atoms with Crippen molar-refractivity contribution < 1.29 is 13.5 Å². The number of fused-ring (bicyclic) bond motifs is 1. The third kappa shape index (κ3) is 4.84. The zero-order valence-electron chi connectivity index (χ0n) is 22.2. The highest BCUT2D eigenvalue weighted by molar-refractivity contribution is 7.89. The van der Waals surface area contributed by atoms with Crippen molar-refractivity contribution in [1.82, 2.24) is 23.7 Å². The molecule has 0 bridgehead atoms. The molecule has 10 nitrogen and oxygen atoms in total. The number of hydrogen-bond acceptors (Lipinski definition) is 8. The van der Waals surface area contributed by atoms with Gasteiger partial charge in [0.1, 0.15) is 11.5 Å². The van der Waals surface area contributed by atoms with Crippen molar-refractivity contribution in [3.8, 4) is 11.9 Å². The van der Waals surface area contributed by atoms with E-state index in [4.69, 9.17) is 5.26 Å². The largest absolute Gasteiger partial charge is 0.376 e. The maximum atomic E-state index is 13.5. The summed E-state index contributed by atoms with van der Waals surface area (Å²) < 4.78 is 30.4. The van der Waals surface area contributed by atoms with Gasteiger partial charge in [-0.2, -0.15) is 14.6 Å². The maximum absolute atomic E-state index is 13.5. The molecule has 2 unspecified atom stereocenters. The number of likely N-dealkylation sites (tertiary alicyclic amines) is 1. The van der Waals surface area contributed by atoms with Crippen LogP contribution in [0.3, 0.4) is 0 Å². The van der Waals surface area contributed by atoms with Gasteiger partial charge in [0.05, 0.1) is 22.0 Å². The minimum Gasteiger partial charge on any atom is -0.376 e. The molecule has 0 saturated carbocycles. The number of nitrogens with zero attached hydrogens (tertiary/aromatic N) is 6. The lowest BCUT2D eigenvalue weighted by molar-refractivity contribution is -0.135. The maximum Gasteiger partial charge on any atom is 0.243 e. The normalized spacial score (nSPS) is 22.4. The summed E-state index contributed by atoms with van der Waals surface area (Å²) in [7, 11) is -3.72. The predicted octanol–water partition coefficient (Wildman–Crippen LogP) is 3.99. The van der Waals surface area contributed by atoms with Crippen LogP contribution in [0.1, 0.15) is 38.2 Å². The van der Waals surface area contributed by atoms with Crippen LogP contribution < -0.4 is 5.32 Å². The Balaban J connectivity index is 1.17. The van der Waals surface area contributed by atoms with Crippen LogP contribution in [0.2, 0.25) is 0 Å². The molecule has 0 amide bonds. The highest BCUT2D eigenvalue weighted by Crippen LogP contribution is 2.35. The molecule has 2 fully saturated rings. The average molecular weight is 558 g/mol. The standard InChI is InChI=1S/C29H31N7O3S/c1-21-19-29(37,34-14-2-3-15-34)12-17-36(21)40(38,39)25-7-5-24(6-8-25)32-28-31-13-10-27(33-28)35-16-11-23-18-22(20-30)4-9-26(23)35/h4-11,13,16,18,21,37H,2-3,12,14-15,17,19H2,1H3,(H,31,32,33). The van der Waals surface area contributed by atoms with Crippen LogP contribution in [-0.4, -0.2) is 68.7 Å². The molecule has 4 aromatic rings. The summed E-state index contributed by atoms with van der Waals surface area (Å²) in [5.41, 5.74) is 1.24. The Hall–Kier alpha value is -3.82. The van der Waals surface area contributed by atoms with Crippen LogP contribution in [0, 0.1) is 11.3 Å². The number of anilines is 2. The van der Waals surface area contributed by atoms with Crippen LogP contribution in [0.5, 0.6) is 0 Å². The monoisotopic (exact) mass is 557 g/mol. The molecular formula is C29H31N7O3S. The Kier molecular flexibility index (Phi) is 6.80. The lowest BCUT2D eigenvalue weighted by Gasteiger charge is -2.46. The van der Waals surface area contributed by atoms with E-state index < -0.39 is 15.7 Å². The SMILES string of the molecule is CC1CC(O)(N2CCCC2)CCN1S(=O)(=O)c1ccc(Nc2nccc(-n3ccc4cc(C#N)ccc43)n2)cc1. The number of piperidine rings is 1. The molecule has 2 atom stereocenters. The molecule has 2 aromatic heterocycles. The van der Waals surface area contributed by atoms with Crippen molar-refractivity contribution in [2.45, 2.75) is 49.3 Å². The Labute approximate surface area is 233 Å². The van der Waals surface area contributed by atoms with Crippen LogP contribution >= 0.6 is 0 Å². The lowest BCUT2D eigenvalue weighted by Crippen LogP contribution is -2.58. The summed E-state index contributed by atoms with van der Waals surface area (Å²) in [6.45, 7) is 3.88. The first-order chi connectivity index (χ1) is 19.3. The minimum absolute atomic E-state index is 0.210. The van der Waals surface area contributed by atoms with E-state index in [-0.39, 0.29) is 17.5 Å². The average Bonchev–Trinajstić information content (AvgIpc) is 3.64. The van der Waals surface area contributed by atoms with Gasteiger partial charge in [-0.1, -0.05) is 0 Å². The molecule has 0 spiro atoms. The van der Waals surface area contributed by atoms with Gasteiger partial charge >= 0.3 is 0 Å². The molecule has 2 N–H and O–H groups in total. The van der Waals surface area contributed by atoms with Crippen molar-refractivity contribution in [3.05, 3.63) is 72.6 Å².